The molecule has 1 heterocycles. The largest absolute Gasteiger partial charge is 0.381 e. The van der Waals surface area contributed by atoms with Gasteiger partial charge >= 0.3 is 0 Å². The van der Waals surface area contributed by atoms with E-state index in [0.717, 1.165) is 6.54 Å². The average molecular weight is 87.1 g/mol. The summed E-state index contributed by atoms with van der Waals surface area (Å²) in [6, 6.07) is 0.648. The van der Waals surface area contributed by atoms with Gasteiger partial charge in [-0.05, 0) is 6.92 Å². The molecule has 2 heteroatoms. The second-order valence-corrected chi connectivity index (χ2v) is 1.76. The highest BCUT2D eigenvalue weighted by Gasteiger charge is 2.26. The van der Waals surface area contributed by atoms with Gasteiger partial charge in [0.05, 0.1) is 6.73 Å². The second-order valence-electron chi connectivity index (χ2n) is 1.76. The molecule has 0 aromatic rings. The average Bonchev–Trinajstić information content (AvgIpc) is 2.19. The molecule has 2 atom stereocenters. The second kappa shape index (κ2) is 1.21. The summed E-state index contributed by atoms with van der Waals surface area (Å²) in [6.07, 6.45) is 0. The first-order chi connectivity index (χ1) is 2.84. The molecule has 2 nitrogen and oxygen atoms in total. The van der Waals surface area contributed by atoms with Gasteiger partial charge in [0.25, 0.3) is 0 Å². The van der Waals surface area contributed by atoms with Gasteiger partial charge in [-0.15, -0.1) is 0 Å². The number of aliphatic hydroxyl groups is 1. The third-order valence-electron chi connectivity index (χ3n) is 1.17. The van der Waals surface area contributed by atoms with Crippen molar-refractivity contribution in [3.63, 3.8) is 0 Å². The molecule has 1 aliphatic rings. The molecule has 0 aromatic carbocycles. The number of hydrogen-bond acceptors (Lipinski definition) is 2. The van der Waals surface area contributed by atoms with E-state index in [9.17, 15) is 0 Å². The van der Waals surface area contributed by atoms with Crippen LogP contribution in [0.25, 0.3) is 0 Å². The molecule has 1 fully saturated rings. The van der Waals surface area contributed by atoms with Gasteiger partial charge in [0.15, 0.2) is 0 Å². The minimum Gasteiger partial charge on any atom is -0.381 e. The molecule has 0 aromatic heterocycles. The molecule has 1 rings (SSSR count). The predicted molar refractivity (Wildman–Crippen MR) is 23.3 cm³/mol. The van der Waals surface area contributed by atoms with Crippen molar-refractivity contribution in [1.29, 1.82) is 0 Å². The van der Waals surface area contributed by atoms with Crippen molar-refractivity contribution in [2.24, 2.45) is 0 Å². The van der Waals surface area contributed by atoms with Crippen LogP contribution in [0.2, 0.25) is 0 Å². The Labute approximate surface area is 37.4 Å². The number of nitrogens with zero attached hydrogens (tertiary/aromatic N) is 1. The summed E-state index contributed by atoms with van der Waals surface area (Å²) >= 11 is 0. The van der Waals surface area contributed by atoms with E-state index in [1.807, 2.05) is 4.90 Å². The topological polar surface area (TPSA) is 23.2 Å². The lowest BCUT2D eigenvalue weighted by Crippen LogP contribution is -1.98. The SMILES string of the molecule is CC1CN1CO. The van der Waals surface area contributed by atoms with Crippen LogP contribution in [0.5, 0.6) is 0 Å². The third kappa shape index (κ3) is 0.533. The van der Waals surface area contributed by atoms with Crippen LogP contribution < -0.4 is 0 Å². The van der Waals surface area contributed by atoms with Crippen LogP contribution in [-0.2, 0) is 0 Å². The highest BCUT2D eigenvalue weighted by molar-refractivity contribution is 4.81. The molecule has 1 aliphatic heterocycles. The summed E-state index contributed by atoms with van der Waals surface area (Å²) in [7, 11) is 0. The maximum absolute atomic E-state index is 8.30. The van der Waals surface area contributed by atoms with Crippen molar-refractivity contribution in [2.45, 2.75) is 13.0 Å². The minimum absolute atomic E-state index is 0.237. The normalized spacial score (nSPS) is 43.0. The maximum atomic E-state index is 8.30. The third-order valence-corrected chi connectivity index (χ3v) is 1.17. The van der Waals surface area contributed by atoms with Crippen molar-refractivity contribution in [3.8, 4) is 0 Å². The van der Waals surface area contributed by atoms with Crippen molar-refractivity contribution < 1.29 is 5.11 Å². The lowest BCUT2D eigenvalue weighted by atomic mass is 10.6. The Morgan fingerprint density at radius 3 is 2.50 bits per heavy atom. The first-order valence-corrected chi connectivity index (χ1v) is 2.19. The molecular weight excluding hydrogens is 78.0 g/mol. The smallest absolute Gasteiger partial charge is 0.0959 e. The van der Waals surface area contributed by atoms with Crippen LogP contribution in [0.15, 0.2) is 0 Å². The molecule has 1 N–H and O–H groups in total. The van der Waals surface area contributed by atoms with Crippen LogP contribution in [-0.4, -0.2) is 29.3 Å². The zero-order chi connectivity index (χ0) is 4.57. The summed E-state index contributed by atoms with van der Waals surface area (Å²) < 4.78 is 0. The van der Waals surface area contributed by atoms with Crippen molar-refractivity contribution in [2.75, 3.05) is 13.3 Å². The predicted octanol–water partition coefficient (Wildman–Crippen LogP) is -0.360. The molecule has 2 unspecified atom stereocenters. The fraction of sp³-hybridized carbons (Fsp3) is 1.00. The van der Waals surface area contributed by atoms with E-state index in [-0.39, 0.29) is 6.73 Å². The van der Waals surface area contributed by atoms with E-state index in [1.54, 1.807) is 0 Å². The first-order valence-electron chi connectivity index (χ1n) is 2.19. The van der Waals surface area contributed by atoms with Gasteiger partial charge in [0.2, 0.25) is 0 Å². The van der Waals surface area contributed by atoms with Crippen LogP contribution in [0.4, 0.5) is 0 Å². The zero-order valence-electron chi connectivity index (χ0n) is 3.89. The molecule has 1 saturated heterocycles. The Bertz CT molecular complexity index is 53.5. The molecule has 0 bridgehead atoms. The fourth-order valence-electron chi connectivity index (χ4n) is 0.489. The standard InChI is InChI=1S/C4H9NO/c1-4-2-5(4)3-6/h4,6H,2-3H2,1H3. The Morgan fingerprint density at radius 2 is 2.50 bits per heavy atom. The van der Waals surface area contributed by atoms with Crippen LogP contribution in [0.1, 0.15) is 6.92 Å². The highest BCUT2D eigenvalue weighted by Crippen LogP contribution is 2.12. The van der Waals surface area contributed by atoms with Gasteiger partial charge in [-0.25, -0.2) is 0 Å². The number of aliphatic hydroxyl groups excluding tert-OH is 1. The molecule has 6 heavy (non-hydrogen) atoms. The van der Waals surface area contributed by atoms with Crippen molar-refractivity contribution in [1.82, 2.24) is 4.90 Å². The van der Waals surface area contributed by atoms with Crippen molar-refractivity contribution in [3.05, 3.63) is 0 Å². The minimum atomic E-state index is 0.237. The Balaban J connectivity index is 2.09. The van der Waals surface area contributed by atoms with Gasteiger partial charge in [-0.3, -0.25) is 4.90 Å². The Hall–Kier alpha value is -0.0800. The molecule has 0 radical (unpaired) electrons. The summed E-state index contributed by atoms with van der Waals surface area (Å²) in [5.74, 6) is 0. The molecule has 0 aliphatic carbocycles. The molecule has 36 valence electrons. The maximum Gasteiger partial charge on any atom is 0.0959 e. The summed E-state index contributed by atoms with van der Waals surface area (Å²) in [5.41, 5.74) is 0. The number of hydrogen-bond donors (Lipinski definition) is 1. The Kier molecular flexibility index (Phi) is 0.821. The fourth-order valence-corrected chi connectivity index (χ4v) is 0.489. The van der Waals surface area contributed by atoms with E-state index < -0.39 is 0 Å². The molecule has 0 amide bonds. The molecule has 0 saturated carbocycles. The highest BCUT2D eigenvalue weighted by atomic mass is 16.3. The number of rotatable bonds is 1. The van der Waals surface area contributed by atoms with E-state index in [1.165, 1.54) is 0 Å². The monoisotopic (exact) mass is 87.1 g/mol. The van der Waals surface area contributed by atoms with E-state index in [2.05, 4.69) is 6.92 Å². The van der Waals surface area contributed by atoms with Crippen molar-refractivity contribution >= 4 is 0 Å². The van der Waals surface area contributed by atoms with E-state index >= 15 is 0 Å². The first kappa shape index (κ1) is 4.09. The lowest BCUT2D eigenvalue weighted by molar-refractivity contribution is 0.196. The van der Waals surface area contributed by atoms with Crippen LogP contribution >= 0.6 is 0 Å². The van der Waals surface area contributed by atoms with Gasteiger partial charge in [0.1, 0.15) is 0 Å². The van der Waals surface area contributed by atoms with Crippen LogP contribution in [0, 0.1) is 0 Å². The van der Waals surface area contributed by atoms with Gasteiger partial charge in [-0.2, -0.15) is 0 Å². The summed E-state index contributed by atoms with van der Waals surface area (Å²) in [4.78, 5) is 1.97. The van der Waals surface area contributed by atoms with Gasteiger partial charge in [0, 0.05) is 12.6 Å². The Morgan fingerprint density at radius 1 is 2.00 bits per heavy atom. The van der Waals surface area contributed by atoms with Gasteiger partial charge in [-0.1, -0.05) is 0 Å². The molecular formula is C4H9NO. The van der Waals surface area contributed by atoms with E-state index in [4.69, 9.17) is 5.11 Å². The quantitative estimate of drug-likeness (QED) is 0.441. The van der Waals surface area contributed by atoms with E-state index in [0.29, 0.717) is 6.04 Å². The van der Waals surface area contributed by atoms with Crippen LogP contribution in [0.3, 0.4) is 0 Å². The zero-order valence-corrected chi connectivity index (χ0v) is 3.89. The van der Waals surface area contributed by atoms with Gasteiger partial charge < -0.3 is 5.11 Å². The lowest BCUT2D eigenvalue weighted by Gasteiger charge is -1.86. The molecule has 0 spiro atoms. The summed E-state index contributed by atoms with van der Waals surface area (Å²) in [5, 5.41) is 8.30. The summed E-state index contributed by atoms with van der Waals surface area (Å²) in [6.45, 7) is 3.41.